The van der Waals surface area contributed by atoms with E-state index in [1.54, 1.807) is 0 Å². The molecule has 0 saturated heterocycles. The van der Waals surface area contributed by atoms with Crippen molar-refractivity contribution in [3.63, 3.8) is 0 Å². The Morgan fingerprint density at radius 3 is 2.30 bits per heavy atom. The SMILES string of the molecule is CCCOC(C)(CC)CN. The van der Waals surface area contributed by atoms with E-state index >= 15 is 0 Å². The molecule has 0 saturated carbocycles. The normalized spacial score (nSPS) is 16.8. The number of ether oxygens (including phenoxy) is 1. The average molecular weight is 145 g/mol. The smallest absolute Gasteiger partial charge is 0.0773 e. The highest BCUT2D eigenvalue weighted by atomic mass is 16.5. The maximum Gasteiger partial charge on any atom is 0.0773 e. The summed E-state index contributed by atoms with van der Waals surface area (Å²) in [5, 5.41) is 0. The first-order chi connectivity index (χ1) is 4.68. The van der Waals surface area contributed by atoms with Crippen molar-refractivity contribution in [3.8, 4) is 0 Å². The molecule has 2 heteroatoms. The van der Waals surface area contributed by atoms with Crippen LogP contribution in [0.2, 0.25) is 0 Å². The first kappa shape index (κ1) is 9.92. The van der Waals surface area contributed by atoms with Crippen molar-refractivity contribution >= 4 is 0 Å². The summed E-state index contributed by atoms with van der Waals surface area (Å²) in [4.78, 5) is 0. The third-order valence-electron chi connectivity index (χ3n) is 1.83. The van der Waals surface area contributed by atoms with Crippen LogP contribution in [0.5, 0.6) is 0 Å². The second kappa shape index (κ2) is 4.69. The number of nitrogens with two attached hydrogens (primary N) is 1. The maximum absolute atomic E-state index is 5.55. The van der Waals surface area contributed by atoms with E-state index in [0.717, 1.165) is 19.4 Å². The highest BCUT2D eigenvalue weighted by Gasteiger charge is 2.19. The monoisotopic (exact) mass is 145 g/mol. The van der Waals surface area contributed by atoms with E-state index in [9.17, 15) is 0 Å². The van der Waals surface area contributed by atoms with Crippen LogP contribution >= 0.6 is 0 Å². The van der Waals surface area contributed by atoms with Gasteiger partial charge in [0.05, 0.1) is 5.60 Å². The zero-order chi connectivity index (χ0) is 8.04. The van der Waals surface area contributed by atoms with Gasteiger partial charge in [0.1, 0.15) is 0 Å². The molecule has 0 radical (unpaired) electrons. The van der Waals surface area contributed by atoms with Crippen molar-refractivity contribution in [3.05, 3.63) is 0 Å². The third-order valence-corrected chi connectivity index (χ3v) is 1.83. The van der Waals surface area contributed by atoms with Crippen LogP contribution in [0.15, 0.2) is 0 Å². The van der Waals surface area contributed by atoms with Crippen LogP contribution in [0.25, 0.3) is 0 Å². The van der Waals surface area contributed by atoms with Crippen LogP contribution in [0.1, 0.15) is 33.6 Å². The van der Waals surface area contributed by atoms with Gasteiger partial charge in [0, 0.05) is 13.2 Å². The number of hydrogen-bond donors (Lipinski definition) is 1. The fraction of sp³-hybridized carbons (Fsp3) is 1.00. The molecule has 2 nitrogen and oxygen atoms in total. The second-order valence-electron chi connectivity index (χ2n) is 2.86. The minimum atomic E-state index is -0.0873. The molecule has 0 aliphatic carbocycles. The van der Waals surface area contributed by atoms with Crippen molar-refractivity contribution in [1.82, 2.24) is 0 Å². The van der Waals surface area contributed by atoms with Crippen molar-refractivity contribution in [1.29, 1.82) is 0 Å². The summed E-state index contributed by atoms with van der Waals surface area (Å²) >= 11 is 0. The molecule has 0 aromatic heterocycles. The largest absolute Gasteiger partial charge is 0.374 e. The van der Waals surface area contributed by atoms with Gasteiger partial charge in [-0.05, 0) is 19.8 Å². The molecule has 0 amide bonds. The Morgan fingerprint density at radius 2 is 2.00 bits per heavy atom. The van der Waals surface area contributed by atoms with Gasteiger partial charge in [0.25, 0.3) is 0 Å². The van der Waals surface area contributed by atoms with Gasteiger partial charge < -0.3 is 10.5 Å². The first-order valence-corrected chi connectivity index (χ1v) is 4.02. The molecular weight excluding hydrogens is 126 g/mol. The fourth-order valence-electron chi connectivity index (χ4n) is 0.654. The van der Waals surface area contributed by atoms with Gasteiger partial charge in [-0.1, -0.05) is 13.8 Å². The Kier molecular flexibility index (Phi) is 4.65. The van der Waals surface area contributed by atoms with E-state index in [2.05, 4.69) is 20.8 Å². The van der Waals surface area contributed by atoms with E-state index in [1.807, 2.05) is 0 Å². The lowest BCUT2D eigenvalue weighted by atomic mass is 10.0. The molecule has 0 spiro atoms. The molecule has 0 aromatic carbocycles. The lowest BCUT2D eigenvalue weighted by Crippen LogP contribution is -2.37. The molecule has 0 heterocycles. The van der Waals surface area contributed by atoms with Gasteiger partial charge in [-0.3, -0.25) is 0 Å². The van der Waals surface area contributed by atoms with E-state index in [4.69, 9.17) is 10.5 Å². The summed E-state index contributed by atoms with van der Waals surface area (Å²) in [6.45, 7) is 7.70. The molecule has 10 heavy (non-hydrogen) atoms. The Morgan fingerprint density at radius 1 is 1.40 bits per heavy atom. The Hall–Kier alpha value is -0.0800. The summed E-state index contributed by atoms with van der Waals surface area (Å²) in [6.07, 6.45) is 2.05. The molecule has 0 aliphatic rings. The Balaban J connectivity index is 3.58. The highest BCUT2D eigenvalue weighted by Crippen LogP contribution is 2.12. The lowest BCUT2D eigenvalue weighted by Gasteiger charge is -2.26. The topological polar surface area (TPSA) is 35.2 Å². The summed E-state index contributed by atoms with van der Waals surface area (Å²) in [5.74, 6) is 0. The molecular formula is C8H19NO. The Bertz CT molecular complexity index is 79.3. The fourth-order valence-corrected chi connectivity index (χ4v) is 0.654. The predicted molar refractivity (Wildman–Crippen MR) is 44.0 cm³/mol. The zero-order valence-corrected chi connectivity index (χ0v) is 7.31. The molecule has 1 atom stereocenters. The third kappa shape index (κ3) is 3.18. The van der Waals surface area contributed by atoms with Gasteiger partial charge in [0.2, 0.25) is 0 Å². The maximum atomic E-state index is 5.55. The first-order valence-electron chi connectivity index (χ1n) is 4.02. The Labute approximate surface area is 63.7 Å². The van der Waals surface area contributed by atoms with E-state index in [1.165, 1.54) is 0 Å². The van der Waals surface area contributed by atoms with Crippen LogP contribution < -0.4 is 5.73 Å². The van der Waals surface area contributed by atoms with E-state index < -0.39 is 0 Å². The summed E-state index contributed by atoms with van der Waals surface area (Å²) in [5.41, 5.74) is 5.45. The van der Waals surface area contributed by atoms with Gasteiger partial charge in [-0.2, -0.15) is 0 Å². The number of hydrogen-bond acceptors (Lipinski definition) is 2. The van der Waals surface area contributed by atoms with Crippen LogP contribution in [0.3, 0.4) is 0 Å². The van der Waals surface area contributed by atoms with Crippen molar-refractivity contribution < 1.29 is 4.74 Å². The molecule has 0 aliphatic heterocycles. The van der Waals surface area contributed by atoms with Crippen LogP contribution in [0.4, 0.5) is 0 Å². The van der Waals surface area contributed by atoms with Gasteiger partial charge in [-0.15, -0.1) is 0 Å². The van der Waals surface area contributed by atoms with Crippen molar-refractivity contribution in [2.75, 3.05) is 13.2 Å². The predicted octanol–water partition coefficient (Wildman–Crippen LogP) is 1.54. The number of rotatable bonds is 5. The average Bonchev–Trinajstić information content (AvgIpc) is 2.00. The van der Waals surface area contributed by atoms with Crippen molar-refractivity contribution in [2.45, 2.75) is 39.2 Å². The van der Waals surface area contributed by atoms with E-state index in [-0.39, 0.29) is 5.60 Å². The summed E-state index contributed by atoms with van der Waals surface area (Å²) < 4.78 is 5.55. The van der Waals surface area contributed by atoms with Crippen LogP contribution in [-0.2, 0) is 4.74 Å². The molecule has 1 unspecified atom stereocenters. The summed E-state index contributed by atoms with van der Waals surface area (Å²) in [7, 11) is 0. The molecule has 0 bridgehead atoms. The molecule has 2 N–H and O–H groups in total. The second-order valence-corrected chi connectivity index (χ2v) is 2.86. The lowest BCUT2D eigenvalue weighted by molar-refractivity contribution is -0.0269. The minimum absolute atomic E-state index is 0.0873. The zero-order valence-electron chi connectivity index (χ0n) is 7.31. The highest BCUT2D eigenvalue weighted by molar-refractivity contribution is 4.73. The van der Waals surface area contributed by atoms with Crippen LogP contribution in [0, 0.1) is 0 Å². The van der Waals surface area contributed by atoms with Gasteiger partial charge in [-0.25, -0.2) is 0 Å². The van der Waals surface area contributed by atoms with Gasteiger partial charge >= 0.3 is 0 Å². The standard InChI is InChI=1S/C8H19NO/c1-4-6-10-8(3,5-2)7-9/h4-7,9H2,1-3H3. The van der Waals surface area contributed by atoms with Gasteiger partial charge in [0.15, 0.2) is 0 Å². The molecule has 62 valence electrons. The molecule has 0 fully saturated rings. The quantitative estimate of drug-likeness (QED) is 0.637. The van der Waals surface area contributed by atoms with Crippen LogP contribution in [-0.4, -0.2) is 18.8 Å². The van der Waals surface area contributed by atoms with Crippen molar-refractivity contribution in [2.24, 2.45) is 5.73 Å². The minimum Gasteiger partial charge on any atom is -0.374 e. The summed E-state index contributed by atoms with van der Waals surface area (Å²) in [6, 6.07) is 0. The molecule has 0 aromatic rings. The molecule has 0 rings (SSSR count). The van der Waals surface area contributed by atoms with E-state index in [0.29, 0.717) is 6.54 Å².